The van der Waals surface area contributed by atoms with E-state index < -0.39 is 0 Å². The van der Waals surface area contributed by atoms with Gasteiger partial charge in [-0.25, -0.2) is 0 Å². The molecule has 0 aliphatic heterocycles. The summed E-state index contributed by atoms with van der Waals surface area (Å²) in [6, 6.07) is 15.7. The van der Waals surface area contributed by atoms with Gasteiger partial charge in [0.05, 0.1) is 0 Å². The van der Waals surface area contributed by atoms with E-state index in [1.165, 1.54) is 0 Å². The molecule has 28 heavy (non-hydrogen) atoms. The summed E-state index contributed by atoms with van der Waals surface area (Å²) in [4.78, 5) is 18.7. The third-order valence-corrected chi connectivity index (χ3v) is 4.44. The van der Waals surface area contributed by atoms with E-state index in [-0.39, 0.29) is 11.8 Å². The minimum atomic E-state index is -0.0112. The number of anilines is 2. The second-order valence-electron chi connectivity index (χ2n) is 7.30. The van der Waals surface area contributed by atoms with Crippen LogP contribution < -0.4 is 10.2 Å². The smallest absolute Gasteiger partial charge is 0.257 e. The normalized spacial score (nSPS) is 10.9. The first-order valence-electron chi connectivity index (χ1n) is 9.42. The van der Waals surface area contributed by atoms with Gasteiger partial charge in [-0.3, -0.25) is 4.79 Å². The average Bonchev–Trinajstić information content (AvgIpc) is 3.18. The number of aryl methyl sites for hydroxylation is 1. The Morgan fingerprint density at radius 3 is 2.54 bits per heavy atom. The van der Waals surface area contributed by atoms with Crippen molar-refractivity contribution in [1.29, 1.82) is 0 Å². The van der Waals surface area contributed by atoms with Crippen LogP contribution in [-0.2, 0) is 11.2 Å². The molecule has 0 radical (unpaired) electrons. The van der Waals surface area contributed by atoms with Gasteiger partial charge in [0.1, 0.15) is 0 Å². The highest BCUT2D eigenvalue weighted by atomic mass is 16.5. The van der Waals surface area contributed by atoms with Crippen molar-refractivity contribution in [2.45, 2.75) is 32.6 Å². The molecule has 0 aliphatic rings. The number of nitrogens with one attached hydrogen (secondary N) is 1. The van der Waals surface area contributed by atoms with Crippen LogP contribution >= 0.6 is 0 Å². The number of hydrogen-bond donors (Lipinski definition) is 1. The van der Waals surface area contributed by atoms with Crippen LogP contribution in [0.25, 0.3) is 11.5 Å². The number of rotatable bonds is 7. The van der Waals surface area contributed by atoms with Gasteiger partial charge in [-0.15, -0.1) is 0 Å². The number of carbonyl (C=O) groups excluding carboxylic acids is 1. The molecule has 3 rings (SSSR count). The Labute approximate surface area is 165 Å². The Morgan fingerprint density at radius 2 is 1.89 bits per heavy atom. The summed E-state index contributed by atoms with van der Waals surface area (Å²) in [5.41, 5.74) is 3.86. The molecule has 1 aromatic heterocycles. The first-order chi connectivity index (χ1) is 13.4. The lowest BCUT2D eigenvalue weighted by atomic mass is 10.1. The summed E-state index contributed by atoms with van der Waals surface area (Å²) in [6.07, 6.45) is 1.13. The van der Waals surface area contributed by atoms with Gasteiger partial charge in [0.25, 0.3) is 5.89 Å². The fourth-order valence-corrected chi connectivity index (χ4v) is 2.75. The molecule has 0 saturated carbocycles. The van der Waals surface area contributed by atoms with E-state index in [2.05, 4.69) is 32.5 Å². The number of nitrogens with zero attached hydrogens (tertiary/aromatic N) is 3. The van der Waals surface area contributed by atoms with Crippen LogP contribution in [0.15, 0.2) is 53.1 Å². The Hall–Kier alpha value is -3.15. The van der Waals surface area contributed by atoms with Gasteiger partial charge in [-0.1, -0.05) is 31.1 Å². The van der Waals surface area contributed by atoms with Gasteiger partial charge in [-0.2, -0.15) is 4.98 Å². The van der Waals surface area contributed by atoms with Crippen molar-refractivity contribution in [2.75, 3.05) is 24.3 Å². The van der Waals surface area contributed by atoms with Gasteiger partial charge in [0.15, 0.2) is 5.82 Å². The highest BCUT2D eigenvalue weighted by Gasteiger charge is 2.11. The van der Waals surface area contributed by atoms with E-state index >= 15 is 0 Å². The summed E-state index contributed by atoms with van der Waals surface area (Å²) in [5, 5.41) is 6.91. The van der Waals surface area contributed by atoms with Crippen LogP contribution in [-0.4, -0.2) is 30.1 Å². The quantitative estimate of drug-likeness (QED) is 0.655. The van der Waals surface area contributed by atoms with E-state index in [9.17, 15) is 4.79 Å². The molecular weight excluding hydrogens is 352 g/mol. The zero-order valence-electron chi connectivity index (χ0n) is 16.8. The summed E-state index contributed by atoms with van der Waals surface area (Å²) in [6.45, 7) is 4.04. The zero-order chi connectivity index (χ0) is 20.1. The number of aromatic nitrogens is 2. The average molecular weight is 378 g/mol. The van der Waals surface area contributed by atoms with Crippen LogP contribution in [0.4, 0.5) is 11.4 Å². The molecule has 3 aromatic rings. The van der Waals surface area contributed by atoms with E-state index in [1.54, 1.807) is 0 Å². The highest BCUT2D eigenvalue weighted by molar-refractivity contribution is 5.91. The van der Waals surface area contributed by atoms with Gasteiger partial charge in [0, 0.05) is 43.4 Å². The zero-order valence-corrected chi connectivity index (χ0v) is 16.8. The molecule has 0 spiro atoms. The van der Waals surface area contributed by atoms with Crippen molar-refractivity contribution in [3.8, 4) is 11.5 Å². The largest absolute Gasteiger partial charge is 0.378 e. The molecule has 0 unspecified atom stereocenters. The van der Waals surface area contributed by atoms with E-state index in [1.807, 2.05) is 64.3 Å². The molecule has 1 heterocycles. The summed E-state index contributed by atoms with van der Waals surface area (Å²) < 4.78 is 5.30. The molecule has 1 N–H and O–H groups in total. The predicted octanol–water partition coefficient (Wildman–Crippen LogP) is 4.50. The maximum Gasteiger partial charge on any atom is 0.257 e. The highest BCUT2D eigenvalue weighted by Crippen LogP contribution is 2.22. The van der Waals surface area contributed by atoms with Gasteiger partial charge >= 0.3 is 0 Å². The lowest BCUT2D eigenvalue weighted by molar-refractivity contribution is -0.116. The number of benzene rings is 2. The molecule has 0 atom stereocenters. The molecule has 0 fully saturated rings. The second kappa shape index (κ2) is 8.69. The Kier molecular flexibility index (Phi) is 6.09. The molecule has 146 valence electrons. The maximum atomic E-state index is 12.3. The van der Waals surface area contributed by atoms with Crippen LogP contribution in [0.3, 0.4) is 0 Å². The third kappa shape index (κ3) is 4.97. The Balaban J connectivity index is 1.56. The van der Waals surface area contributed by atoms with E-state index in [0.29, 0.717) is 24.6 Å². The molecular formula is C22H26N4O2. The fraction of sp³-hybridized carbons (Fsp3) is 0.318. The predicted molar refractivity (Wildman–Crippen MR) is 112 cm³/mol. The van der Waals surface area contributed by atoms with Crippen molar-refractivity contribution in [2.24, 2.45) is 0 Å². The molecule has 1 amide bonds. The lowest BCUT2D eigenvalue weighted by Gasteiger charge is -2.13. The molecule has 0 saturated heterocycles. The van der Waals surface area contributed by atoms with E-state index in [4.69, 9.17) is 4.52 Å². The second-order valence-corrected chi connectivity index (χ2v) is 7.30. The Morgan fingerprint density at radius 1 is 1.14 bits per heavy atom. The van der Waals surface area contributed by atoms with Gasteiger partial charge in [0.2, 0.25) is 5.91 Å². The Bertz CT molecular complexity index is 930. The van der Waals surface area contributed by atoms with Crippen molar-refractivity contribution in [3.63, 3.8) is 0 Å². The fourth-order valence-electron chi connectivity index (χ4n) is 2.75. The number of hydrogen-bond acceptors (Lipinski definition) is 5. The SMILES string of the molecule is CC(C)c1noc(-c2ccc(NC(=O)CCc3cccc(N(C)C)c3)cc2)n1. The minimum absolute atomic E-state index is 0.0112. The van der Waals surface area contributed by atoms with E-state index in [0.717, 1.165) is 22.5 Å². The lowest BCUT2D eigenvalue weighted by Crippen LogP contribution is -2.12. The van der Waals surface area contributed by atoms with Crippen LogP contribution in [0.5, 0.6) is 0 Å². The molecule has 0 aliphatic carbocycles. The van der Waals surface area contributed by atoms with Crippen LogP contribution in [0, 0.1) is 0 Å². The first-order valence-corrected chi connectivity index (χ1v) is 9.42. The van der Waals surface area contributed by atoms with Gasteiger partial charge in [-0.05, 0) is 48.4 Å². The number of amides is 1. The monoisotopic (exact) mass is 378 g/mol. The van der Waals surface area contributed by atoms with Crippen LogP contribution in [0.1, 0.15) is 37.6 Å². The van der Waals surface area contributed by atoms with Crippen molar-refractivity contribution in [3.05, 3.63) is 59.9 Å². The number of carbonyl (C=O) groups is 1. The molecule has 6 nitrogen and oxygen atoms in total. The van der Waals surface area contributed by atoms with Crippen LogP contribution in [0.2, 0.25) is 0 Å². The van der Waals surface area contributed by atoms with Crippen molar-refractivity contribution >= 4 is 17.3 Å². The summed E-state index contributed by atoms with van der Waals surface area (Å²) >= 11 is 0. The summed E-state index contributed by atoms with van der Waals surface area (Å²) in [7, 11) is 4.01. The third-order valence-electron chi connectivity index (χ3n) is 4.44. The topological polar surface area (TPSA) is 71.3 Å². The van der Waals surface area contributed by atoms with Crippen molar-refractivity contribution < 1.29 is 9.32 Å². The summed E-state index contributed by atoms with van der Waals surface area (Å²) in [5.74, 6) is 1.38. The molecule has 6 heteroatoms. The van der Waals surface area contributed by atoms with Gasteiger partial charge < -0.3 is 14.7 Å². The standard InChI is InChI=1S/C22H26N4O2/c1-15(2)21-24-22(28-25-21)17-9-11-18(12-10-17)23-20(27)13-8-16-6-5-7-19(14-16)26(3)4/h5-7,9-12,14-15H,8,13H2,1-4H3,(H,23,27). The molecule has 0 bridgehead atoms. The minimum Gasteiger partial charge on any atom is -0.378 e. The molecule has 2 aromatic carbocycles. The maximum absolute atomic E-state index is 12.3. The van der Waals surface area contributed by atoms with Crippen molar-refractivity contribution in [1.82, 2.24) is 10.1 Å². The first kappa shape index (κ1) is 19.6.